The molecule has 28 heavy (non-hydrogen) atoms. The van der Waals surface area contributed by atoms with Crippen LogP contribution in [0.3, 0.4) is 0 Å². The summed E-state index contributed by atoms with van der Waals surface area (Å²) >= 11 is 0. The fourth-order valence-corrected chi connectivity index (χ4v) is 2.58. The molecule has 0 radical (unpaired) electrons. The third-order valence-corrected chi connectivity index (χ3v) is 4.17. The molecule has 0 unspecified atom stereocenters. The zero-order valence-electron chi connectivity index (χ0n) is 16.1. The second-order valence-electron chi connectivity index (χ2n) is 6.29. The summed E-state index contributed by atoms with van der Waals surface area (Å²) in [6, 6.07) is 15.0. The highest BCUT2D eigenvalue weighted by atomic mass is 16.5. The molecule has 7 nitrogen and oxygen atoms in total. The molecule has 1 atom stereocenters. The molecule has 3 aromatic rings. The summed E-state index contributed by atoms with van der Waals surface area (Å²) in [5, 5.41) is 6.74. The van der Waals surface area contributed by atoms with Crippen LogP contribution in [-0.2, 0) is 11.3 Å². The van der Waals surface area contributed by atoms with Crippen LogP contribution < -0.4 is 14.8 Å². The van der Waals surface area contributed by atoms with Gasteiger partial charge in [-0.3, -0.25) is 4.79 Å². The first-order valence-corrected chi connectivity index (χ1v) is 9.07. The number of nitrogens with zero attached hydrogens (tertiary/aromatic N) is 2. The normalized spacial score (nSPS) is 11.7. The Hall–Kier alpha value is -3.35. The van der Waals surface area contributed by atoms with Crippen LogP contribution in [0.1, 0.15) is 24.8 Å². The Kier molecular flexibility index (Phi) is 6.26. The van der Waals surface area contributed by atoms with Gasteiger partial charge in [0.2, 0.25) is 11.7 Å². The molecule has 1 N–H and O–H groups in total. The fraction of sp³-hybridized carbons (Fsp3) is 0.286. The van der Waals surface area contributed by atoms with Gasteiger partial charge >= 0.3 is 0 Å². The predicted octanol–water partition coefficient (Wildman–Crippen LogP) is 3.53. The van der Waals surface area contributed by atoms with Gasteiger partial charge in [-0.15, -0.1) is 0 Å². The van der Waals surface area contributed by atoms with E-state index in [0.717, 1.165) is 11.1 Å². The Morgan fingerprint density at radius 1 is 1.18 bits per heavy atom. The Balaban J connectivity index is 1.58. The van der Waals surface area contributed by atoms with Crippen molar-refractivity contribution in [3.63, 3.8) is 0 Å². The molecule has 3 rings (SSSR count). The average Bonchev–Trinajstić information content (AvgIpc) is 3.20. The summed E-state index contributed by atoms with van der Waals surface area (Å²) in [5.41, 5.74) is 2.01. The number of hydrogen-bond donors (Lipinski definition) is 1. The minimum atomic E-state index is -0.633. The van der Waals surface area contributed by atoms with E-state index in [2.05, 4.69) is 15.5 Å². The maximum atomic E-state index is 12.5. The molecule has 0 bridgehead atoms. The van der Waals surface area contributed by atoms with Gasteiger partial charge in [-0.2, -0.15) is 4.98 Å². The number of carbonyl (C=O) groups excluding carboxylic acids is 1. The van der Waals surface area contributed by atoms with Crippen molar-refractivity contribution >= 4 is 5.91 Å². The maximum absolute atomic E-state index is 12.5. The molecule has 0 fully saturated rings. The quantitative estimate of drug-likeness (QED) is 0.642. The zero-order valence-corrected chi connectivity index (χ0v) is 16.1. The predicted molar refractivity (Wildman–Crippen MR) is 104 cm³/mol. The van der Waals surface area contributed by atoms with Gasteiger partial charge in [0.05, 0.1) is 13.7 Å². The number of methoxy groups -OCH3 is 1. The van der Waals surface area contributed by atoms with Gasteiger partial charge in [0.15, 0.2) is 6.10 Å². The molecular weight excluding hydrogens is 358 g/mol. The number of hydrogen-bond acceptors (Lipinski definition) is 6. The minimum Gasteiger partial charge on any atom is -0.497 e. The van der Waals surface area contributed by atoms with Crippen molar-refractivity contribution in [1.29, 1.82) is 0 Å². The van der Waals surface area contributed by atoms with Crippen LogP contribution in [0.5, 0.6) is 11.5 Å². The number of aromatic nitrogens is 2. The number of aryl methyl sites for hydroxylation is 1. The molecule has 0 aliphatic carbocycles. The van der Waals surface area contributed by atoms with E-state index < -0.39 is 6.10 Å². The van der Waals surface area contributed by atoms with Crippen molar-refractivity contribution < 1.29 is 18.8 Å². The summed E-state index contributed by atoms with van der Waals surface area (Å²) in [7, 11) is 1.58. The van der Waals surface area contributed by atoms with Crippen LogP contribution in [0.15, 0.2) is 53.1 Å². The van der Waals surface area contributed by atoms with E-state index in [9.17, 15) is 4.79 Å². The third-order valence-electron chi connectivity index (χ3n) is 4.17. The van der Waals surface area contributed by atoms with Gasteiger partial charge < -0.3 is 19.3 Å². The zero-order chi connectivity index (χ0) is 19.9. The molecule has 7 heteroatoms. The lowest BCUT2D eigenvalue weighted by Gasteiger charge is -2.17. The highest BCUT2D eigenvalue weighted by molar-refractivity contribution is 5.81. The van der Waals surface area contributed by atoms with E-state index in [1.807, 2.05) is 50.2 Å². The number of nitrogens with one attached hydrogen (secondary N) is 1. The number of amides is 1. The van der Waals surface area contributed by atoms with Gasteiger partial charge in [-0.05, 0) is 25.5 Å². The maximum Gasteiger partial charge on any atom is 0.261 e. The van der Waals surface area contributed by atoms with Crippen molar-refractivity contribution in [2.75, 3.05) is 7.11 Å². The van der Waals surface area contributed by atoms with Crippen molar-refractivity contribution in [1.82, 2.24) is 15.5 Å². The topological polar surface area (TPSA) is 86.5 Å². The molecular formula is C21H23N3O4. The van der Waals surface area contributed by atoms with Gasteiger partial charge in [0.1, 0.15) is 11.5 Å². The number of ether oxygens (including phenoxy) is 2. The van der Waals surface area contributed by atoms with E-state index in [1.54, 1.807) is 19.2 Å². The summed E-state index contributed by atoms with van der Waals surface area (Å²) in [5.74, 6) is 1.81. The lowest BCUT2D eigenvalue weighted by Crippen LogP contribution is -2.37. The standard InChI is InChI=1S/C21H23N3O4/c1-4-18(27-17-7-5-6-16(12-17)26-3)21(25)22-13-19-23-20(24-28-19)15-10-8-14(2)9-11-15/h5-12,18H,4,13H2,1-3H3,(H,22,25)/t18-/m0/s1. The van der Waals surface area contributed by atoms with Crippen LogP contribution in [0, 0.1) is 6.92 Å². The number of benzene rings is 2. The van der Waals surface area contributed by atoms with E-state index >= 15 is 0 Å². The van der Waals surface area contributed by atoms with Gasteiger partial charge in [-0.25, -0.2) is 0 Å². The highest BCUT2D eigenvalue weighted by Crippen LogP contribution is 2.21. The van der Waals surface area contributed by atoms with E-state index in [0.29, 0.717) is 29.6 Å². The second-order valence-corrected chi connectivity index (χ2v) is 6.29. The van der Waals surface area contributed by atoms with Gasteiger partial charge in [0, 0.05) is 11.6 Å². The lowest BCUT2D eigenvalue weighted by molar-refractivity contribution is -0.128. The van der Waals surface area contributed by atoms with Crippen molar-refractivity contribution in [2.24, 2.45) is 0 Å². The number of carbonyl (C=O) groups is 1. The molecule has 0 spiro atoms. The lowest BCUT2D eigenvalue weighted by atomic mass is 10.1. The SMILES string of the molecule is CC[C@H](Oc1cccc(OC)c1)C(=O)NCc1nc(-c2ccc(C)cc2)no1. The van der Waals surface area contributed by atoms with E-state index in [1.165, 1.54) is 0 Å². The Labute approximate surface area is 163 Å². The smallest absolute Gasteiger partial charge is 0.261 e. The minimum absolute atomic E-state index is 0.135. The first kappa shape index (κ1) is 19.4. The molecule has 1 heterocycles. The molecule has 1 amide bonds. The van der Waals surface area contributed by atoms with Crippen LogP contribution in [0.2, 0.25) is 0 Å². The monoisotopic (exact) mass is 381 g/mol. The van der Waals surface area contributed by atoms with E-state index in [-0.39, 0.29) is 12.5 Å². The van der Waals surface area contributed by atoms with Crippen LogP contribution in [0.25, 0.3) is 11.4 Å². The summed E-state index contributed by atoms with van der Waals surface area (Å²) in [4.78, 5) is 16.8. The van der Waals surface area contributed by atoms with Crippen molar-refractivity contribution in [3.8, 4) is 22.9 Å². The van der Waals surface area contributed by atoms with E-state index in [4.69, 9.17) is 14.0 Å². The second kappa shape index (κ2) is 9.03. The Bertz CT molecular complexity index is 921. The summed E-state index contributed by atoms with van der Waals surface area (Å²) in [6.45, 7) is 4.03. The van der Waals surface area contributed by atoms with Crippen LogP contribution in [-0.4, -0.2) is 29.3 Å². The van der Waals surface area contributed by atoms with Crippen molar-refractivity contribution in [3.05, 3.63) is 60.0 Å². The fourth-order valence-electron chi connectivity index (χ4n) is 2.58. The molecule has 0 aliphatic rings. The van der Waals surface area contributed by atoms with Crippen LogP contribution >= 0.6 is 0 Å². The Morgan fingerprint density at radius 2 is 1.93 bits per heavy atom. The molecule has 2 aromatic carbocycles. The Morgan fingerprint density at radius 3 is 2.64 bits per heavy atom. The highest BCUT2D eigenvalue weighted by Gasteiger charge is 2.19. The molecule has 0 saturated heterocycles. The molecule has 0 saturated carbocycles. The third kappa shape index (κ3) is 4.88. The van der Waals surface area contributed by atoms with Crippen LogP contribution in [0.4, 0.5) is 0 Å². The van der Waals surface area contributed by atoms with Gasteiger partial charge in [-0.1, -0.05) is 48.0 Å². The molecule has 1 aromatic heterocycles. The first-order chi connectivity index (χ1) is 13.6. The summed E-state index contributed by atoms with van der Waals surface area (Å²) in [6.07, 6.45) is -0.117. The largest absolute Gasteiger partial charge is 0.497 e. The first-order valence-electron chi connectivity index (χ1n) is 9.07. The average molecular weight is 381 g/mol. The molecule has 146 valence electrons. The summed E-state index contributed by atoms with van der Waals surface area (Å²) < 4.78 is 16.2. The number of rotatable bonds is 8. The van der Waals surface area contributed by atoms with Gasteiger partial charge in [0.25, 0.3) is 5.91 Å². The molecule has 0 aliphatic heterocycles. The van der Waals surface area contributed by atoms with Crippen molar-refractivity contribution in [2.45, 2.75) is 32.9 Å².